The molecule has 162 valence electrons. The van der Waals surface area contributed by atoms with Crippen molar-refractivity contribution in [2.24, 2.45) is 4.99 Å². The molecule has 0 fully saturated rings. The molecule has 8 nitrogen and oxygen atoms in total. The van der Waals surface area contributed by atoms with Crippen LogP contribution in [0.3, 0.4) is 0 Å². The summed E-state index contributed by atoms with van der Waals surface area (Å²) >= 11 is 0. The second-order valence-corrected chi connectivity index (χ2v) is 6.96. The molecule has 2 aromatic heterocycles. The van der Waals surface area contributed by atoms with Gasteiger partial charge in [-0.05, 0) is 49.4 Å². The van der Waals surface area contributed by atoms with Gasteiger partial charge in [-0.25, -0.2) is 9.98 Å². The lowest BCUT2D eigenvalue weighted by Crippen LogP contribution is -2.22. The standard InChI is InChI=1S/C24H21N3O5/c1-14-5-4-6-22(25-14)27-23(29)18-11-15-7-8-16(28)12-21(15)32-24(18)26-19-13-17(30-2)9-10-20(19)31-3/h4-13,28H,1-3H3,(H,25,27,29). The number of nitrogens with one attached hydrogen (secondary N) is 1. The number of fused-ring (bicyclic) bond motifs is 1. The van der Waals surface area contributed by atoms with Crippen LogP contribution in [0.25, 0.3) is 11.0 Å². The van der Waals surface area contributed by atoms with Gasteiger partial charge in [0.05, 0.1) is 14.2 Å². The minimum absolute atomic E-state index is 0.0346. The van der Waals surface area contributed by atoms with Crippen molar-refractivity contribution >= 4 is 28.4 Å². The second kappa shape index (κ2) is 8.81. The summed E-state index contributed by atoms with van der Waals surface area (Å²) in [6.07, 6.45) is 0. The monoisotopic (exact) mass is 431 g/mol. The van der Waals surface area contributed by atoms with Gasteiger partial charge < -0.3 is 24.3 Å². The van der Waals surface area contributed by atoms with Crippen molar-refractivity contribution in [1.82, 2.24) is 4.98 Å². The zero-order chi connectivity index (χ0) is 22.7. The van der Waals surface area contributed by atoms with Crippen molar-refractivity contribution in [1.29, 1.82) is 0 Å². The topological polar surface area (TPSA) is 106 Å². The average Bonchev–Trinajstić information content (AvgIpc) is 2.78. The van der Waals surface area contributed by atoms with Gasteiger partial charge >= 0.3 is 0 Å². The average molecular weight is 431 g/mol. The molecule has 0 aliphatic carbocycles. The Hall–Kier alpha value is -4.33. The number of ether oxygens (including phenoxy) is 2. The van der Waals surface area contributed by atoms with Crippen molar-refractivity contribution in [2.75, 3.05) is 19.5 Å². The first-order chi connectivity index (χ1) is 15.5. The lowest BCUT2D eigenvalue weighted by atomic mass is 10.1. The van der Waals surface area contributed by atoms with Crippen LogP contribution in [-0.4, -0.2) is 30.2 Å². The fraction of sp³-hybridized carbons (Fsp3) is 0.125. The van der Waals surface area contributed by atoms with Crippen LogP contribution in [0.5, 0.6) is 17.2 Å². The number of aromatic nitrogens is 1. The highest BCUT2D eigenvalue weighted by atomic mass is 16.5. The summed E-state index contributed by atoms with van der Waals surface area (Å²) in [6.45, 7) is 1.84. The first-order valence-electron chi connectivity index (χ1n) is 9.75. The number of phenolic OH excluding ortho intramolecular Hbond substituents is 1. The molecule has 0 aliphatic rings. The largest absolute Gasteiger partial charge is 0.508 e. The number of aromatic hydroxyl groups is 1. The van der Waals surface area contributed by atoms with Crippen LogP contribution in [0.1, 0.15) is 16.1 Å². The quantitative estimate of drug-likeness (QED) is 0.487. The van der Waals surface area contributed by atoms with Crippen LogP contribution in [0, 0.1) is 6.92 Å². The van der Waals surface area contributed by atoms with Crippen molar-refractivity contribution in [3.05, 3.63) is 77.5 Å². The Balaban J connectivity index is 1.90. The highest BCUT2D eigenvalue weighted by molar-refractivity contribution is 6.05. The number of rotatable bonds is 5. The minimum Gasteiger partial charge on any atom is -0.508 e. The summed E-state index contributed by atoms with van der Waals surface area (Å²) in [7, 11) is 3.07. The minimum atomic E-state index is -0.442. The van der Waals surface area contributed by atoms with E-state index < -0.39 is 5.91 Å². The Labute approximate surface area is 183 Å². The predicted octanol–water partition coefficient (Wildman–Crippen LogP) is 4.34. The normalized spacial score (nSPS) is 11.4. The molecular weight excluding hydrogens is 410 g/mol. The number of aryl methyl sites for hydroxylation is 1. The molecule has 4 rings (SSSR count). The fourth-order valence-corrected chi connectivity index (χ4v) is 3.14. The molecule has 4 aromatic rings. The maximum atomic E-state index is 13.1. The van der Waals surface area contributed by atoms with Gasteiger partial charge in [0.2, 0.25) is 5.55 Å². The van der Waals surface area contributed by atoms with E-state index in [0.717, 1.165) is 5.69 Å². The zero-order valence-electron chi connectivity index (χ0n) is 17.7. The Bertz CT molecular complexity index is 1380. The molecule has 8 heteroatoms. The van der Waals surface area contributed by atoms with Crippen molar-refractivity contribution < 1.29 is 23.8 Å². The van der Waals surface area contributed by atoms with E-state index in [1.165, 1.54) is 19.2 Å². The van der Waals surface area contributed by atoms with Crippen LogP contribution in [0.15, 0.2) is 70.1 Å². The van der Waals surface area contributed by atoms with E-state index in [9.17, 15) is 9.90 Å². The van der Waals surface area contributed by atoms with E-state index in [0.29, 0.717) is 34.0 Å². The predicted molar refractivity (Wildman–Crippen MR) is 120 cm³/mol. The summed E-state index contributed by atoms with van der Waals surface area (Å²) in [5.41, 5.74) is 1.79. The smallest absolute Gasteiger partial charge is 0.262 e. The number of pyridine rings is 1. The molecule has 32 heavy (non-hydrogen) atoms. The number of hydrogen-bond donors (Lipinski definition) is 2. The molecule has 0 aliphatic heterocycles. The number of phenols is 1. The van der Waals surface area contributed by atoms with Crippen molar-refractivity contribution in [2.45, 2.75) is 6.92 Å². The molecular formula is C24H21N3O5. The number of amides is 1. The van der Waals surface area contributed by atoms with Gasteiger partial charge in [-0.2, -0.15) is 0 Å². The van der Waals surface area contributed by atoms with Crippen molar-refractivity contribution in [3.63, 3.8) is 0 Å². The molecule has 0 radical (unpaired) electrons. The zero-order valence-corrected chi connectivity index (χ0v) is 17.7. The third-order valence-corrected chi connectivity index (χ3v) is 4.72. The van der Waals surface area contributed by atoms with Crippen LogP contribution < -0.4 is 20.3 Å². The summed E-state index contributed by atoms with van der Waals surface area (Å²) in [5.74, 6) is 1.04. The number of benzene rings is 2. The van der Waals surface area contributed by atoms with Gasteiger partial charge in [-0.1, -0.05) is 6.07 Å². The third kappa shape index (κ3) is 4.39. The molecule has 0 atom stereocenters. The van der Waals surface area contributed by atoms with Gasteiger partial charge in [-0.3, -0.25) is 4.79 Å². The number of hydrogen-bond acceptors (Lipinski definition) is 7. The summed E-state index contributed by atoms with van der Waals surface area (Å²) in [5, 5.41) is 13.2. The lowest BCUT2D eigenvalue weighted by molar-refractivity contribution is 0.102. The highest BCUT2D eigenvalue weighted by Gasteiger charge is 2.15. The Morgan fingerprint density at radius 2 is 1.91 bits per heavy atom. The highest BCUT2D eigenvalue weighted by Crippen LogP contribution is 2.31. The van der Waals surface area contributed by atoms with Gasteiger partial charge in [0.25, 0.3) is 5.91 Å². The van der Waals surface area contributed by atoms with E-state index in [1.54, 1.807) is 49.6 Å². The number of carbonyl (C=O) groups is 1. The van der Waals surface area contributed by atoms with Crippen LogP contribution in [0.4, 0.5) is 11.5 Å². The van der Waals surface area contributed by atoms with Crippen LogP contribution in [0.2, 0.25) is 0 Å². The molecule has 0 spiro atoms. The number of methoxy groups -OCH3 is 2. The molecule has 0 saturated carbocycles. The van der Waals surface area contributed by atoms with Crippen molar-refractivity contribution in [3.8, 4) is 17.2 Å². The molecule has 0 unspecified atom stereocenters. The molecule has 2 aromatic carbocycles. The number of nitrogens with zero attached hydrogens (tertiary/aromatic N) is 2. The van der Waals surface area contributed by atoms with E-state index in [1.807, 2.05) is 13.0 Å². The van der Waals surface area contributed by atoms with Crippen LogP contribution >= 0.6 is 0 Å². The Kier molecular flexibility index (Phi) is 5.76. The summed E-state index contributed by atoms with van der Waals surface area (Å²) < 4.78 is 16.6. The SMILES string of the molecule is COc1ccc(OC)c(N=c2oc3cc(O)ccc3cc2C(=O)Nc2cccc(C)n2)c1. The first kappa shape index (κ1) is 20.9. The summed E-state index contributed by atoms with van der Waals surface area (Å²) in [4.78, 5) is 22.0. The Morgan fingerprint density at radius 1 is 1.06 bits per heavy atom. The second-order valence-electron chi connectivity index (χ2n) is 6.96. The van der Waals surface area contributed by atoms with E-state index in [2.05, 4.69) is 15.3 Å². The fourth-order valence-electron chi connectivity index (χ4n) is 3.14. The molecule has 2 N–H and O–H groups in total. The van der Waals surface area contributed by atoms with E-state index >= 15 is 0 Å². The number of anilines is 1. The van der Waals surface area contributed by atoms with E-state index in [-0.39, 0.29) is 16.9 Å². The summed E-state index contributed by atoms with van der Waals surface area (Å²) in [6, 6.07) is 16.7. The number of carbonyl (C=O) groups excluding carboxylic acids is 1. The Morgan fingerprint density at radius 3 is 2.66 bits per heavy atom. The maximum absolute atomic E-state index is 13.1. The molecule has 0 saturated heterocycles. The van der Waals surface area contributed by atoms with E-state index in [4.69, 9.17) is 13.9 Å². The van der Waals surface area contributed by atoms with Crippen LogP contribution in [-0.2, 0) is 0 Å². The third-order valence-electron chi connectivity index (χ3n) is 4.72. The first-order valence-corrected chi connectivity index (χ1v) is 9.75. The maximum Gasteiger partial charge on any atom is 0.262 e. The lowest BCUT2D eigenvalue weighted by Gasteiger charge is -2.09. The van der Waals surface area contributed by atoms with Gasteiger partial charge in [0.15, 0.2) is 0 Å². The molecule has 0 bridgehead atoms. The van der Waals surface area contributed by atoms with Gasteiger partial charge in [0, 0.05) is 23.2 Å². The van der Waals surface area contributed by atoms with Gasteiger partial charge in [0.1, 0.15) is 39.9 Å². The molecule has 1 amide bonds. The van der Waals surface area contributed by atoms with Gasteiger partial charge in [-0.15, -0.1) is 0 Å². The molecule has 2 heterocycles.